The van der Waals surface area contributed by atoms with Crippen molar-refractivity contribution in [3.05, 3.63) is 71.7 Å². The third-order valence-electron chi connectivity index (χ3n) is 5.20. The molecule has 0 bridgehead atoms. The fourth-order valence-electron chi connectivity index (χ4n) is 3.54. The lowest BCUT2D eigenvalue weighted by atomic mass is 10.2. The Morgan fingerprint density at radius 3 is 2.57 bits per heavy atom. The molecule has 0 spiro atoms. The van der Waals surface area contributed by atoms with Crippen molar-refractivity contribution in [2.45, 2.75) is 13.3 Å². The van der Waals surface area contributed by atoms with Gasteiger partial charge in [-0.3, -0.25) is 15.1 Å². The highest BCUT2D eigenvalue weighted by molar-refractivity contribution is 5.97. The molecule has 0 radical (unpaired) electrons. The fourth-order valence-corrected chi connectivity index (χ4v) is 3.54. The molecule has 2 aromatic heterocycles. The molecule has 1 aliphatic rings. The van der Waals surface area contributed by atoms with Crippen LogP contribution in [0.15, 0.2) is 42.9 Å². The molecule has 0 unspecified atom stereocenters. The first kappa shape index (κ1) is 23.8. The second kappa shape index (κ2) is 9.87. The molecular weight excluding hydrogens is 465 g/mol. The molecule has 1 N–H and O–H groups in total. The van der Waals surface area contributed by atoms with Crippen LogP contribution in [0.25, 0.3) is 11.8 Å². The van der Waals surface area contributed by atoms with Gasteiger partial charge in [0.1, 0.15) is 5.69 Å². The van der Waals surface area contributed by atoms with E-state index in [1.807, 2.05) is 13.1 Å². The van der Waals surface area contributed by atoms with Crippen LogP contribution in [0.5, 0.6) is 5.88 Å². The van der Waals surface area contributed by atoms with Crippen molar-refractivity contribution in [2.75, 3.05) is 25.1 Å². The van der Waals surface area contributed by atoms with E-state index in [9.17, 15) is 22.8 Å². The number of benzene rings is 1. The topological polar surface area (TPSA) is 92.6 Å². The van der Waals surface area contributed by atoms with E-state index in [1.54, 1.807) is 23.0 Å². The first-order chi connectivity index (χ1) is 16.8. The quantitative estimate of drug-likeness (QED) is 0.426. The van der Waals surface area contributed by atoms with Gasteiger partial charge in [0.15, 0.2) is 17.5 Å². The zero-order valence-corrected chi connectivity index (χ0v) is 18.8. The van der Waals surface area contributed by atoms with Gasteiger partial charge in [-0.05, 0) is 31.6 Å². The number of halogens is 3. The largest absolute Gasteiger partial charge is 0.479 e. The molecule has 3 amide bonds. The van der Waals surface area contributed by atoms with E-state index in [2.05, 4.69) is 15.4 Å². The van der Waals surface area contributed by atoms with Crippen LogP contribution in [0.4, 0.5) is 23.7 Å². The third kappa shape index (κ3) is 5.10. The van der Waals surface area contributed by atoms with Gasteiger partial charge < -0.3 is 9.30 Å². The van der Waals surface area contributed by atoms with Crippen LogP contribution in [0.3, 0.4) is 0 Å². The number of aromatic nitrogens is 3. The van der Waals surface area contributed by atoms with Gasteiger partial charge in [0.2, 0.25) is 5.88 Å². The summed E-state index contributed by atoms with van der Waals surface area (Å²) in [6, 6.07) is 4.20. The number of aryl methyl sites for hydroxylation is 1. The average molecular weight is 486 g/mol. The summed E-state index contributed by atoms with van der Waals surface area (Å²) in [6.07, 6.45) is 6.48. The minimum absolute atomic E-state index is 0.148. The molecule has 1 fully saturated rings. The highest BCUT2D eigenvalue weighted by Crippen LogP contribution is 2.24. The van der Waals surface area contributed by atoms with Crippen LogP contribution in [-0.2, 0) is 4.79 Å². The molecule has 35 heavy (non-hydrogen) atoms. The van der Waals surface area contributed by atoms with Crippen LogP contribution in [0, 0.1) is 24.4 Å². The van der Waals surface area contributed by atoms with Gasteiger partial charge in [-0.2, -0.15) is 0 Å². The molecule has 9 nitrogen and oxygen atoms in total. The number of amides is 3. The number of anilines is 1. The van der Waals surface area contributed by atoms with E-state index >= 15 is 0 Å². The van der Waals surface area contributed by atoms with Crippen molar-refractivity contribution < 1.29 is 27.5 Å². The highest BCUT2D eigenvalue weighted by atomic mass is 19.2. The number of carbonyl (C=O) groups excluding carboxylic acids is 2. The first-order valence-corrected chi connectivity index (χ1v) is 10.5. The Hall–Kier alpha value is -4.35. The van der Waals surface area contributed by atoms with Crippen LogP contribution >= 0.6 is 0 Å². The van der Waals surface area contributed by atoms with E-state index in [-0.39, 0.29) is 18.8 Å². The highest BCUT2D eigenvalue weighted by Gasteiger charge is 2.29. The van der Waals surface area contributed by atoms with E-state index in [4.69, 9.17) is 4.74 Å². The van der Waals surface area contributed by atoms with Gasteiger partial charge in [0.25, 0.3) is 5.91 Å². The van der Waals surface area contributed by atoms with Crippen LogP contribution in [0.2, 0.25) is 0 Å². The number of ether oxygens (including phenoxy) is 1. The van der Waals surface area contributed by atoms with Crippen LogP contribution in [-0.4, -0.2) is 51.7 Å². The van der Waals surface area contributed by atoms with Gasteiger partial charge in [0, 0.05) is 37.5 Å². The summed E-state index contributed by atoms with van der Waals surface area (Å²) >= 11 is 0. The Bertz CT molecular complexity index is 1290. The number of hydrazine groups is 1. The van der Waals surface area contributed by atoms with Gasteiger partial charge >= 0.3 is 6.03 Å². The molecule has 182 valence electrons. The van der Waals surface area contributed by atoms with Crippen molar-refractivity contribution in [3.8, 4) is 11.6 Å². The lowest BCUT2D eigenvalue weighted by molar-refractivity contribution is -0.120. The summed E-state index contributed by atoms with van der Waals surface area (Å²) in [5.41, 5.74) is 4.21. The molecule has 0 atom stereocenters. The summed E-state index contributed by atoms with van der Waals surface area (Å²) in [5, 5.41) is 1.02. The second-order valence-electron chi connectivity index (χ2n) is 7.66. The summed E-state index contributed by atoms with van der Waals surface area (Å²) in [7, 11) is 1.47. The van der Waals surface area contributed by atoms with Crippen molar-refractivity contribution >= 4 is 23.7 Å². The number of methoxy groups -OCH3 is 1. The molecule has 1 saturated heterocycles. The van der Waals surface area contributed by atoms with Gasteiger partial charge in [-0.25, -0.2) is 32.9 Å². The Morgan fingerprint density at radius 2 is 1.91 bits per heavy atom. The van der Waals surface area contributed by atoms with Crippen molar-refractivity contribution in [1.29, 1.82) is 0 Å². The molecule has 0 saturated carbocycles. The normalized spacial score (nSPS) is 14.0. The number of pyridine rings is 1. The Kier molecular flexibility index (Phi) is 6.71. The van der Waals surface area contributed by atoms with Crippen LogP contribution < -0.4 is 15.1 Å². The predicted octanol–water partition coefficient (Wildman–Crippen LogP) is 3.38. The van der Waals surface area contributed by atoms with Crippen molar-refractivity contribution in [1.82, 2.24) is 25.0 Å². The maximum Gasteiger partial charge on any atom is 0.343 e. The van der Waals surface area contributed by atoms with E-state index < -0.39 is 29.4 Å². The number of carbonyl (C=O) groups is 2. The lowest BCUT2D eigenvalue weighted by Crippen LogP contribution is -2.56. The minimum Gasteiger partial charge on any atom is -0.479 e. The van der Waals surface area contributed by atoms with Gasteiger partial charge in [0.05, 0.1) is 30.5 Å². The number of hydrogen-bond acceptors (Lipinski definition) is 5. The Morgan fingerprint density at radius 1 is 1.17 bits per heavy atom. The monoisotopic (exact) mass is 486 g/mol. The van der Waals surface area contributed by atoms with Crippen molar-refractivity contribution in [2.24, 2.45) is 0 Å². The summed E-state index contributed by atoms with van der Waals surface area (Å²) in [4.78, 5) is 34.7. The molecule has 3 heterocycles. The van der Waals surface area contributed by atoms with Crippen molar-refractivity contribution in [3.63, 3.8) is 0 Å². The minimum atomic E-state index is -1.62. The molecule has 4 rings (SSSR count). The first-order valence-electron chi connectivity index (χ1n) is 10.5. The smallest absolute Gasteiger partial charge is 0.343 e. The lowest BCUT2D eigenvalue weighted by Gasteiger charge is -2.35. The zero-order valence-electron chi connectivity index (χ0n) is 18.8. The number of nitrogens with zero attached hydrogens (tertiary/aromatic N) is 5. The maximum atomic E-state index is 13.6. The number of urea groups is 1. The third-order valence-corrected chi connectivity index (χ3v) is 5.20. The molecule has 1 aromatic carbocycles. The van der Waals surface area contributed by atoms with E-state index in [1.165, 1.54) is 19.3 Å². The maximum absolute atomic E-state index is 13.6. The predicted molar refractivity (Wildman–Crippen MR) is 120 cm³/mol. The van der Waals surface area contributed by atoms with E-state index in [0.717, 1.165) is 27.7 Å². The summed E-state index contributed by atoms with van der Waals surface area (Å²) < 4.78 is 47.6. The number of imidazole rings is 1. The zero-order chi connectivity index (χ0) is 25.1. The van der Waals surface area contributed by atoms with Gasteiger partial charge in [-0.1, -0.05) is 0 Å². The number of hydrogen-bond donors (Lipinski definition) is 1. The SMILES string of the molecule is COc1nc(C=CC(=O)NN2CCCN(c3cc(F)c(F)c(F)c3)C2=O)ccc1-n1cnc(C)c1. The average Bonchev–Trinajstić information content (AvgIpc) is 3.28. The molecular formula is C23H21F3N6O3. The molecule has 0 aliphatic carbocycles. The van der Waals surface area contributed by atoms with E-state index in [0.29, 0.717) is 23.7 Å². The standard InChI is InChI=1S/C23H21F3N6O3/c1-14-12-30(13-27-14)19-6-4-15(28-22(19)35-2)5-7-20(33)29-32-9-3-8-31(23(32)34)16-10-17(24)21(26)18(25)11-16/h4-7,10-13H,3,8-9H2,1-2H3,(H,29,33). The summed E-state index contributed by atoms with van der Waals surface area (Å²) in [6.45, 7) is 2.19. The number of rotatable bonds is 6. The fraction of sp³-hybridized carbons (Fsp3) is 0.217. The summed E-state index contributed by atoms with van der Waals surface area (Å²) in [5.74, 6) is -4.73. The Balaban J connectivity index is 1.44. The molecule has 3 aromatic rings. The second-order valence-corrected chi connectivity index (χ2v) is 7.66. The van der Waals surface area contributed by atoms with Gasteiger partial charge in [-0.15, -0.1) is 0 Å². The molecule has 12 heteroatoms. The molecule has 1 aliphatic heterocycles. The van der Waals surface area contributed by atoms with Crippen LogP contribution in [0.1, 0.15) is 17.8 Å². The number of nitrogens with one attached hydrogen (secondary N) is 1. The Labute approximate surface area is 198 Å².